The minimum Gasteiger partial charge on any atom is -0.313 e. The maximum Gasteiger partial charge on any atom is 0.0367 e. The highest BCUT2D eigenvalue weighted by Gasteiger charge is 2.11. The number of thiophene rings is 1. The quantitative estimate of drug-likeness (QED) is 0.876. The summed E-state index contributed by atoms with van der Waals surface area (Å²) in [6.45, 7) is 2.14. The molecule has 3 heteroatoms. The van der Waals surface area contributed by atoms with E-state index < -0.39 is 0 Å². The molecule has 1 N–H and O–H groups in total. The molecule has 0 spiro atoms. The van der Waals surface area contributed by atoms with Crippen molar-refractivity contribution in [3.63, 3.8) is 0 Å². The lowest BCUT2D eigenvalue weighted by molar-refractivity contribution is 0.593. The Kier molecular flexibility index (Phi) is 3.70. The summed E-state index contributed by atoms with van der Waals surface area (Å²) in [5, 5.41) is 5.59. The maximum absolute atomic E-state index is 4.15. The van der Waals surface area contributed by atoms with Gasteiger partial charge in [0.05, 0.1) is 0 Å². The molecule has 0 amide bonds. The van der Waals surface area contributed by atoms with Crippen LogP contribution in [0.4, 0.5) is 0 Å². The van der Waals surface area contributed by atoms with E-state index in [-0.39, 0.29) is 0 Å². The first-order chi connectivity index (χ1) is 7.79. The SMILES string of the molecule is CNC(Cc1cccnc1)c1csc(C)c1. The fourth-order valence-electron chi connectivity index (χ4n) is 1.79. The second-order valence-corrected chi connectivity index (χ2v) is 5.01. The molecule has 0 aliphatic rings. The molecule has 0 saturated heterocycles. The van der Waals surface area contributed by atoms with Crippen LogP contribution in [0.1, 0.15) is 22.0 Å². The molecule has 1 atom stereocenters. The van der Waals surface area contributed by atoms with Gasteiger partial charge in [0.25, 0.3) is 0 Å². The standard InChI is InChI=1S/C13H16N2S/c1-10-6-12(9-16-10)13(14-2)7-11-4-3-5-15-8-11/h3-6,8-9,13-14H,7H2,1-2H3. The number of nitrogens with one attached hydrogen (secondary N) is 1. The van der Waals surface area contributed by atoms with Crippen LogP contribution in [0.25, 0.3) is 0 Å². The van der Waals surface area contributed by atoms with E-state index in [1.165, 1.54) is 16.0 Å². The summed E-state index contributed by atoms with van der Waals surface area (Å²) in [7, 11) is 2.01. The number of hydrogen-bond donors (Lipinski definition) is 1. The van der Waals surface area contributed by atoms with Crippen LogP contribution >= 0.6 is 11.3 Å². The molecular weight excluding hydrogens is 216 g/mol. The lowest BCUT2D eigenvalue weighted by Gasteiger charge is -2.14. The van der Waals surface area contributed by atoms with Crippen LogP contribution in [0.2, 0.25) is 0 Å². The Bertz CT molecular complexity index is 436. The Balaban J connectivity index is 2.12. The molecule has 0 aliphatic heterocycles. The van der Waals surface area contributed by atoms with E-state index in [1.807, 2.05) is 25.5 Å². The van der Waals surface area contributed by atoms with Crippen molar-refractivity contribution in [2.45, 2.75) is 19.4 Å². The third-order valence-electron chi connectivity index (χ3n) is 2.66. The zero-order valence-electron chi connectivity index (χ0n) is 9.60. The topological polar surface area (TPSA) is 24.9 Å². The molecule has 0 fully saturated rings. The average Bonchev–Trinajstić information content (AvgIpc) is 2.74. The monoisotopic (exact) mass is 232 g/mol. The smallest absolute Gasteiger partial charge is 0.0367 e. The lowest BCUT2D eigenvalue weighted by atomic mass is 10.0. The van der Waals surface area contributed by atoms with Crippen LogP contribution in [-0.2, 0) is 6.42 Å². The molecule has 0 bridgehead atoms. The summed E-state index contributed by atoms with van der Waals surface area (Å²) in [6.07, 6.45) is 4.73. The minimum absolute atomic E-state index is 0.383. The van der Waals surface area contributed by atoms with Gasteiger partial charge in [-0.2, -0.15) is 0 Å². The number of likely N-dealkylation sites (N-methyl/N-ethyl adjacent to an activating group) is 1. The molecule has 2 nitrogen and oxygen atoms in total. The van der Waals surface area contributed by atoms with E-state index in [0.717, 1.165) is 6.42 Å². The van der Waals surface area contributed by atoms with Gasteiger partial charge in [0, 0.05) is 23.3 Å². The Morgan fingerprint density at radius 1 is 1.50 bits per heavy atom. The summed E-state index contributed by atoms with van der Waals surface area (Å²) in [4.78, 5) is 5.51. The van der Waals surface area contributed by atoms with E-state index in [2.05, 4.69) is 34.7 Å². The van der Waals surface area contributed by atoms with Crippen molar-refractivity contribution in [2.75, 3.05) is 7.05 Å². The number of aryl methyl sites for hydroxylation is 1. The van der Waals surface area contributed by atoms with E-state index in [9.17, 15) is 0 Å². The first kappa shape index (κ1) is 11.3. The largest absolute Gasteiger partial charge is 0.313 e. The lowest BCUT2D eigenvalue weighted by Crippen LogP contribution is -2.18. The van der Waals surface area contributed by atoms with Gasteiger partial charge in [-0.05, 0) is 49.0 Å². The number of hydrogen-bond acceptors (Lipinski definition) is 3. The van der Waals surface area contributed by atoms with E-state index in [1.54, 1.807) is 11.3 Å². The van der Waals surface area contributed by atoms with Gasteiger partial charge in [-0.15, -0.1) is 11.3 Å². The van der Waals surface area contributed by atoms with Gasteiger partial charge in [0.1, 0.15) is 0 Å². The molecule has 2 heterocycles. The highest BCUT2D eigenvalue weighted by Crippen LogP contribution is 2.22. The number of pyridine rings is 1. The van der Waals surface area contributed by atoms with Gasteiger partial charge < -0.3 is 5.32 Å². The third-order valence-corrected chi connectivity index (χ3v) is 3.54. The Labute approximate surface area is 100 Å². The fourth-order valence-corrected chi connectivity index (χ4v) is 2.55. The number of nitrogens with zero attached hydrogens (tertiary/aromatic N) is 1. The zero-order chi connectivity index (χ0) is 11.4. The van der Waals surface area contributed by atoms with Gasteiger partial charge in [-0.3, -0.25) is 4.98 Å². The first-order valence-electron chi connectivity index (χ1n) is 5.41. The molecule has 0 saturated carbocycles. The molecule has 2 rings (SSSR count). The Morgan fingerprint density at radius 2 is 2.38 bits per heavy atom. The molecule has 1 unspecified atom stereocenters. The van der Waals surface area contributed by atoms with Crippen LogP contribution in [-0.4, -0.2) is 12.0 Å². The van der Waals surface area contributed by atoms with Crippen LogP contribution in [0.15, 0.2) is 36.0 Å². The molecule has 0 aliphatic carbocycles. The zero-order valence-corrected chi connectivity index (χ0v) is 10.4. The summed E-state index contributed by atoms with van der Waals surface area (Å²) in [5.41, 5.74) is 2.64. The highest BCUT2D eigenvalue weighted by atomic mass is 32.1. The van der Waals surface area contributed by atoms with Crippen molar-refractivity contribution in [1.29, 1.82) is 0 Å². The van der Waals surface area contributed by atoms with Crippen molar-refractivity contribution >= 4 is 11.3 Å². The van der Waals surface area contributed by atoms with Crippen LogP contribution in [0, 0.1) is 6.92 Å². The summed E-state index contributed by atoms with van der Waals surface area (Å²) in [6, 6.07) is 6.74. The Hall–Kier alpha value is -1.19. The highest BCUT2D eigenvalue weighted by molar-refractivity contribution is 7.10. The molecule has 2 aromatic rings. The predicted octanol–water partition coefficient (Wildman–Crippen LogP) is 2.95. The van der Waals surface area contributed by atoms with Crippen LogP contribution < -0.4 is 5.32 Å². The average molecular weight is 232 g/mol. The van der Waals surface area contributed by atoms with Crippen molar-refractivity contribution in [1.82, 2.24) is 10.3 Å². The molecule has 0 aromatic carbocycles. The maximum atomic E-state index is 4.15. The molecule has 0 radical (unpaired) electrons. The summed E-state index contributed by atoms with van der Waals surface area (Å²) >= 11 is 1.80. The van der Waals surface area contributed by atoms with Crippen molar-refractivity contribution in [2.24, 2.45) is 0 Å². The normalized spacial score (nSPS) is 12.6. The predicted molar refractivity (Wildman–Crippen MR) is 68.8 cm³/mol. The Morgan fingerprint density at radius 3 is 2.94 bits per heavy atom. The number of rotatable bonds is 4. The minimum atomic E-state index is 0.383. The fraction of sp³-hybridized carbons (Fsp3) is 0.308. The first-order valence-corrected chi connectivity index (χ1v) is 6.29. The van der Waals surface area contributed by atoms with E-state index in [4.69, 9.17) is 0 Å². The van der Waals surface area contributed by atoms with E-state index in [0.29, 0.717) is 6.04 Å². The summed E-state index contributed by atoms with van der Waals surface area (Å²) in [5.74, 6) is 0. The van der Waals surface area contributed by atoms with Crippen LogP contribution in [0.5, 0.6) is 0 Å². The van der Waals surface area contributed by atoms with Crippen molar-refractivity contribution in [3.8, 4) is 0 Å². The number of aromatic nitrogens is 1. The van der Waals surface area contributed by atoms with E-state index >= 15 is 0 Å². The van der Waals surface area contributed by atoms with Gasteiger partial charge in [-0.25, -0.2) is 0 Å². The second-order valence-electron chi connectivity index (χ2n) is 3.90. The van der Waals surface area contributed by atoms with Crippen molar-refractivity contribution < 1.29 is 0 Å². The molecule has 2 aromatic heterocycles. The third kappa shape index (κ3) is 2.68. The second kappa shape index (κ2) is 5.23. The van der Waals surface area contributed by atoms with Gasteiger partial charge >= 0.3 is 0 Å². The van der Waals surface area contributed by atoms with Crippen molar-refractivity contribution in [3.05, 3.63) is 52.0 Å². The molecule has 16 heavy (non-hydrogen) atoms. The van der Waals surface area contributed by atoms with Gasteiger partial charge in [0.15, 0.2) is 0 Å². The van der Waals surface area contributed by atoms with Gasteiger partial charge in [0.2, 0.25) is 0 Å². The van der Waals surface area contributed by atoms with Crippen LogP contribution in [0.3, 0.4) is 0 Å². The summed E-state index contributed by atoms with van der Waals surface area (Å²) < 4.78 is 0. The molecular formula is C13H16N2S. The molecule has 84 valence electrons. The van der Waals surface area contributed by atoms with Gasteiger partial charge in [-0.1, -0.05) is 6.07 Å².